The second-order valence-corrected chi connectivity index (χ2v) is 10.0. The number of carbonyl (C=O) groups is 2. The Labute approximate surface area is 225 Å². The van der Waals surface area contributed by atoms with Crippen LogP contribution in [0.15, 0.2) is 42.0 Å². The molecular weight excluding hydrogens is 484 g/mol. The minimum absolute atomic E-state index is 0.0501. The second kappa shape index (κ2) is 12.8. The first-order chi connectivity index (χ1) is 18.1. The lowest BCUT2D eigenvalue weighted by molar-refractivity contribution is -0.895. The number of benzene rings is 2. The van der Waals surface area contributed by atoms with Crippen molar-refractivity contribution in [3.05, 3.63) is 58.7 Å². The molecule has 1 amide bonds. The van der Waals surface area contributed by atoms with E-state index < -0.39 is 23.5 Å². The number of rotatable bonds is 12. The highest BCUT2D eigenvalue weighted by Crippen LogP contribution is 2.41. The van der Waals surface area contributed by atoms with Gasteiger partial charge in [-0.2, -0.15) is 0 Å². The molecule has 0 bridgehead atoms. The topological polar surface area (TPSA) is 104 Å². The average Bonchev–Trinajstić information content (AvgIpc) is 3.14. The van der Waals surface area contributed by atoms with Crippen molar-refractivity contribution in [2.24, 2.45) is 5.92 Å². The minimum Gasteiger partial charge on any atom is -0.872 e. The van der Waals surface area contributed by atoms with E-state index in [1.54, 1.807) is 37.3 Å². The van der Waals surface area contributed by atoms with E-state index in [4.69, 9.17) is 9.47 Å². The molecule has 8 heteroatoms. The zero-order chi connectivity index (χ0) is 28.0. The number of nitrogens with zero attached hydrogens (tertiary/aromatic N) is 1. The number of aromatic hydroxyl groups is 1. The fourth-order valence-electron chi connectivity index (χ4n) is 4.67. The smallest absolute Gasteiger partial charge is 0.295 e. The molecule has 3 rings (SSSR count). The number of carbonyl (C=O) groups excluding carboxylic acids is 2. The molecule has 0 aliphatic carbocycles. The number of quaternary nitrogens is 1. The van der Waals surface area contributed by atoms with Crippen molar-refractivity contribution >= 4 is 17.4 Å². The Balaban J connectivity index is 2.11. The number of hydrogen-bond donors (Lipinski definition) is 2. The Morgan fingerprint density at radius 3 is 2.37 bits per heavy atom. The molecule has 1 aliphatic rings. The number of phenolic OH excluding ortho intramolecular Hbond substituents is 1. The van der Waals surface area contributed by atoms with Gasteiger partial charge < -0.3 is 29.5 Å². The molecule has 0 aromatic heterocycles. The number of ether oxygens (including phenoxy) is 2. The van der Waals surface area contributed by atoms with Gasteiger partial charge in [0, 0.05) is 5.57 Å². The largest absolute Gasteiger partial charge is 0.872 e. The van der Waals surface area contributed by atoms with Crippen molar-refractivity contribution in [2.75, 3.05) is 39.4 Å². The maximum atomic E-state index is 13.8. The number of likely N-dealkylation sites (tertiary alicyclic amines) is 1. The van der Waals surface area contributed by atoms with Crippen LogP contribution in [-0.4, -0.2) is 61.1 Å². The van der Waals surface area contributed by atoms with Gasteiger partial charge in [0.2, 0.25) is 5.78 Å². The Kier molecular flexibility index (Phi) is 9.80. The molecule has 206 valence electrons. The number of ketones is 1. The summed E-state index contributed by atoms with van der Waals surface area (Å²) in [6, 6.07) is 8.89. The highest BCUT2D eigenvalue weighted by atomic mass is 16.5. The molecule has 0 spiro atoms. The van der Waals surface area contributed by atoms with Crippen LogP contribution >= 0.6 is 0 Å². The van der Waals surface area contributed by atoms with Crippen molar-refractivity contribution in [3.8, 4) is 17.2 Å². The first-order valence-corrected chi connectivity index (χ1v) is 13.4. The molecule has 2 aromatic carbocycles. The van der Waals surface area contributed by atoms with Crippen molar-refractivity contribution < 1.29 is 34.2 Å². The molecule has 2 aromatic rings. The third-order valence-electron chi connectivity index (χ3n) is 6.84. The van der Waals surface area contributed by atoms with E-state index in [-0.39, 0.29) is 17.1 Å². The van der Waals surface area contributed by atoms with E-state index in [0.717, 1.165) is 18.7 Å². The summed E-state index contributed by atoms with van der Waals surface area (Å²) < 4.78 is 11.4. The number of hydrogen-bond acceptors (Lipinski definition) is 6. The Morgan fingerprint density at radius 2 is 1.76 bits per heavy atom. The SMILES string of the molecule is CCOc1cc(C2/C(=C(\[O-])c3ccc(OCC(C)C)c(C)c3)C(=O)C(=O)N2CC[NH+](CC)CC)ccc1O. The van der Waals surface area contributed by atoms with Gasteiger partial charge in [-0.3, -0.25) is 9.59 Å². The molecule has 1 saturated heterocycles. The predicted octanol–water partition coefficient (Wildman–Crippen LogP) is 2.28. The molecular formula is C30H40N2O6. The normalized spacial score (nSPS) is 17.1. The molecule has 0 saturated carbocycles. The molecule has 38 heavy (non-hydrogen) atoms. The third kappa shape index (κ3) is 6.30. The number of amides is 1. The second-order valence-electron chi connectivity index (χ2n) is 10.0. The van der Waals surface area contributed by atoms with Crippen molar-refractivity contribution in [1.82, 2.24) is 4.90 Å². The summed E-state index contributed by atoms with van der Waals surface area (Å²) in [6.45, 7) is 15.5. The summed E-state index contributed by atoms with van der Waals surface area (Å²) in [5.41, 5.74) is 1.54. The summed E-state index contributed by atoms with van der Waals surface area (Å²) in [5, 5.41) is 24.1. The standard InChI is InChI=1S/C30H40N2O6/c1-7-31(8-2)14-15-32-27(21-10-12-23(33)25(17-21)37-9-3)26(29(35)30(32)36)28(34)22-11-13-24(20(6)16-22)38-18-19(4)5/h10-13,16-17,19,27,33-34H,7-9,14-15,18H2,1-6H3/b28-26+. The highest BCUT2D eigenvalue weighted by molar-refractivity contribution is 6.46. The highest BCUT2D eigenvalue weighted by Gasteiger charge is 2.44. The molecule has 0 radical (unpaired) electrons. The first kappa shape index (κ1) is 29.0. The fourth-order valence-corrected chi connectivity index (χ4v) is 4.67. The summed E-state index contributed by atoms with van der Waals surface area (Å²) in [5.74, 6) is -0.760. The monoisotopic (exact) mass is 524 g/mol. The van der Waals surface area contributed by atoms with Crippen molar-refractivity contribution in [1.29, 1.82) is 0 Å². The molecule has 1 heterocycles. The Morgan fingerprint density at radius 1 is 1.05 bits per heavy atom. The van der Waals surface area contributed by atoms with E-state index in [2.05, 4.69) is 27.7 Å². The lowest BCUT2D eigenvalue weighted by atomic mass is 9.94. The van der Waals surface area contributed by atoms with Crippen molar-refractivity contribution in [2.45, 2.75) is 47.6 Å². The molecule has 1 atom stereocenters. The van der Waals surface area contributed by atoms with Crippen LogP contribution in [0.4, 0.5) is 0 Å². The molecule has 8 nitrogen and oxygen atoms in total. The summed E-state index contributed by atoms with van der Waals surface area (Å²) in [4.78, 5) is 29.4. The van der Waals surface area contributed by atoms with Crippen LogP contribution < -0.4 is 19.5 Å². The number of nitrogens with one attached hydrogen (secondary N) is 1. The van der Waals surface area contributed by atoms with Gasteiger partial charge in [-0.05, 0) is 74.6 Å². The minimum atomic E-state index is -0.880. The van der Waals surface area contributed by atoms with Crippen LogP contribution in [0.5, 0.6) is 17.2 Å². The predicted molar refractivity (Wildman–Crippen MR) is 144 cm³/mol. The van der Waals surface area contributed by atoms with Crippen LogP contribution in [0.2, 0.25) is 0 Å². The van der Waals surface area contributed by atoms with Gasteiger partial charge in [-0.25, -0.2) is 0 Å². The van der Waals surface area contributed by atoms with E-state index in [1.807, 2.05) is 6.92 Å². The molecule has 1 fully saturated rings. The van der Waals surface area contributed by atoms with Crippen molar-refractivity contribution in [3.63, 3.8) is 0 Å². The maximum Gasteiger partial charge on any atom is 0.295 e. The van der Waals surface area contributed by atoms with Gasteiger partial charge in [0.05, 0.1) is 45.4 Å². The lowest BCUT2D eigenvalue weighted by Gasteiger charge is -2.29. The van der Waals surface area contributed by atoms with E-state index >= 15 is 0 Å². The lowest BCUT2D eigenvalue weighted by Crippen LogP contribution is -3.12. The van der Waals surface area contributed by atoms with Gasteiger partial charge in [-0.15, -0.1) is 0 Å². The zero-order valence-corrected chi connectivity index (χ0v) is 23.3. The van der Waals surface area contributed by atoms with Crippen LogP contribution in [-0.2, 0) is 9.59 Å². The van der Waals surface area contributed by atoms with E-state index in [1.165, 1.54) is 15.9 Å². The van der Waals surface area contributed by atoms with Gasteiger partial charge >= 0.3 is 0 Å². The van der Waals surface area contributed by atoms with Gasteiger partial charge in [0.25, 0.3) is 5.91 Å². The van der Waals surface area contributed by atoms with Gasteiger partial charge in [0.15, 0.2) is 11.5 Å². The summed E-state index contributed by atoms with van der Waals surface area (Å²) in [7, 11) is 0. The average molecular weight is 525 g/mol. The number of likely N-dealkylation sites (N-methyl/N-ethyl adjacent to an activating group) is 1. The van der Waals surface area contributed by atoms with Gasteiger partial charge in [0.1, 0.15) is 5.75 Å². The van der Waals surface area contributed by atoms with Crippen LogP contribution in [0.3, 0.4) is 0 Å². The van der Waals surface area contributed by atoms with E-state index in [9.17, 15) is 19.8 Å². The van der Waals surface area contributed by atoms with E-state index in [0.29, 0.717) is 49.1 Å². The zero-order valence-electron chi connectivity index (χ0n) is 23.3. The first-order valence-electron chi connectivity index (χ1n) is 13.4. The van der Waals surface area contributed by atoms with Crippen LogP contribution in [0, 0.1) is 12.8 Å². The van der Waals surface area contributed by atoms with Crippen LogP contribution in [0.1, 0.15) is 57.4 Å². The summed E-state index contributed by atoms with van der Waals surface area (Å²) >= 11 is 0. The number of phenols is 1. The summed E-state index contributed by atoms with van der Waals surface area (Å²) in [6.07, 6.45) is 0. The quantitative estimate of drug-likeness (QED) is 0.251. The molecule has 1 aliphatic heterocycles. The third-order valence-corrected chi connectivity index (χ3v) is 6.84. The Bertz CT molecular complexity index is 1190. The Hall–Kier alpha value is -3.52. The fraction of sp³-hybridized carbons (Fsp3) is 0.467. The molecule has 2 N–H and O–H groups in total. The van der Waals surface area contributed by atoms with Crippen LogP contribution in [0.25, 0.3) is 5.76 Å². The molecule has 1 unspecified atom stereocenters. The maximum absolute atomic E-state index is 13.8. The number of Topliss-reactive ketones (excluding diaryl/α,β-unsaturated/α-hetero) is 1. The van der Waals surface area contributed by atoms with Gasteiger partial charge in [-0.1, -0.05) is 31.7 Å². The number of aryl methyl sites for hydroxylation is 1.